The largest absolute Gasteiger partial charge is 0.323 e. The molecule has 0 bridgehead atoms. The van der Waals surface area contributed by atoms with Gasteiger partial charge in [-0.2, -0.15) is 0 Å². The molecule has 3 aromatic rings. The van der Waals surface area contributed by atoms with E-state index in [1.165, 1.54) is 17.5 Å². The Hall–Kier alpha value is -3.21. The second-order valence-corrected chi connectivity index (χ2v) is 7.07. The molecule has 0 aliphatic carbocycles. The summed E-state index contributed by atoms with van der Waals surface area (Å²) in [4.78, 5) is 23.5. The predicted molar refractivity (Wildman–Crippen MR) is 108 cm³/mol. The van der Waals surface area contributed by atoms with Gasteiger partial charge in [0, 0.05) is 23.5 Å². The highest BCUT2D eigenvalue weighted by atomic mass is 16.1. The van der Waals surface area contributed by atoms with Crippen LogP contribution in [0.1, 0.15) is 34.1 Å². The Bertz CT molecular complexity index is 1010. The number of nitrogens with one attached hydrogen (secondary N) is 1. The smallest absolute Gasteiger partial charge is 0.274 e. The van der Waals surface area contributed by atoms with Crippen LogP contribution in [0.2, 0.25) is 0 Å². The SMILES string of the molecule is Cc1ccc(NC(=O)c2cc(N3c4ccccc4CC3C)ncn2)cc1C. The quantitative estimate of drug-likeness (QED) is 0.752. The Morgan fingerprint density at radius 3 is 2.70 bits per heavy atom. The summed E-state index contributed by atoms with van der Waals surface area (Å²) in [5.74, 6) is 0.509. The highest BCUT2D eigenvalue weighted by molar-refractivity contribution is 6.03. The fourth-order valence-corrected chi connectivity index (χ4v) is 3.53. The van der Waals surface area contributed by atoms with Crippen LogP contribution in [-0.4, -0.2) is 21.9 Å². The summed E-state index contributed by atoms with van der Waals surface area (Å²) in [7, 11) is 0. The lowest BCUT2D eigenvalue weighted by Gasteiger charge is -2.23. The second kappa shape index (κ2) is 6.83. The monoisotopic (exact) mass is 358 g/mol. The van der Waals surface area contributed by atoms with Gasteiger partial charge in [-0.15, -0.1) is 0 Å². The van der Waals surface area contributed by atoms with Crippen molar-refractivity contribution in [3.05, 3.63) is 77.2 Å². The van der Waals surface area contributed by atoms with Crippen molar-refractivity contribution in [2.24, 2.45) is 0 Å². The number of hydrogen-bond donors (Lipinski definition) is 1. The maximum atomic E-state index is 12.7. The molecule has 136 valence electrons. The van der Waals surface area contributed by atoms with Crippen molar-refractivity contribution < 1.29 is 4.79 Å². The number of hydrogen-bond acceptors (Lipinski definition) is 4. The van der Waals surface area contributed by atoms with Crippen LogP contribution in [0.4, 0.5) is 17.2 Å². The minimum absolute atomic E-state index is 0.234. The van der Waals surface area contributed by atoms with E-state index in [4.69, 9.17) is 0 Å². The van der Waals surface area contributed by atoms with Crippen LogP contribution in [0, 0.1) is 13.8 Å². The van der Waals surface area contributed by atoms with Crippen LogP contribution in [0.3, 0.4) is 0 Å². The summed E-state index contributed by atoms with van der Waals surface area (Å²) < 4.78 is 0. The minimum Gasteiger partial charge on any atom is -0.323 e. The first-order valence-corrected chi connectivity index (χ1v) is 9.11. The second-order valence-electron chi connectivity index (χ2n) is 7.07. The number of carbonyl (C=O) groups excluding carboxylic acids is 1. The average Bonchev–Trinajstić information content (AvgIpc) is 3.00. The van der Waals surface area contributed by atoms with Crippen LogP contribution in [-0.2, 0) is 6.42 Å². The first kappa shape index (κ1) is 17.2. The van der Waals surface area contributed by atoms with Gasteiger partial charge in [0.1, 0.15) is 17.8 Å². The molecule has 1 amide bonds. The molecule has 27 heavy (non-hydrogen) atoms. The van der Waals surface area contributed by atoms with E-state index in [9.17, 15) is 4.79 Å². The van der Waals surface area contributed by atoms with Crippen molar-refractivity contribution >= 4 is 23.1 Å². The Morgan fingerprint density at radius 2 is 1.89 bits per heavy atom. The van der Waals surface area contributed by atoms with Crippen LogP contribution < -0.4 is 10.2 Å². The summed E-state index contributed by atoms with van der Waals surface area (Å²) in [6.07, 6.45) is 2.42. The molecule has 5 nitrogen and oxygen atoms in total. The first-order valence-electron chi connectivity index (χ1n) is 9.11. The van der Waals surface area contributed by atoms with Gasteiger partial charge in [0.05, 0.1) is 0 Å². The maximum absolute atomic E-state index is 12.7. The summed E-state index contributed by atoms with van der Waals surface area (Å²) in [6, 6.07) is 16.2. The zero-order chi connectivity index (χ0) is 19.0. The van der Waals surface area contributed by atoms with Gasteiger partial charge < -0.3 is 10.2 Å². The third-order valence-corrected chi connectivity index (χ3v) is 5.10. The third-order valence-electron chi connectivity index (χ3n) is 5.10. The topological polar surface area (TPSA) is 58.1 Å². The van der Waals surface area contributed by atoms with Crippen LogP contribution in [0.15, 0.2) is 54.9 Å². The molecule has 1 unspecified atom stereocenters. The Kier molecular flexibility index (Phi) is 4.36. The molecule has 1 atom stereocenters. The van der Waals surface area contributed by atoms with Gasteiger partial charge in [0.25, 0.3) is 5.91 Å². The zero-order valence-corrected chi connectivity index (χ0v) is 15.7. The van der Waals surface area contributed by atoms with Gasteiger partial charge >= 0.3 is 0 Å². The lowest BCUT2D eigenvalue weighted by atomic mass is 10.1. The lowest BCUT2D eigenvalue weighted by Crippen LogP contribution is -2.25. The number of aryl methyl sites for hydroxylation is 2. The van der Waals surface area contributed by atoms with Crippen molar-refractivity contribution in [2.75, 3.05) is 10.2 Å². The van der Waals surface area contributed by atoms with E-state index in [0.29, 0.717) is 5.69 Å². The molecule has 2 aromatic carbocycles. The molecule has 0 spiro atoms. The molecule has 1 N–H and O–H groups in total. The lowest BCUT2D eigenvalue weighted by molar-refractivity contribution is 0.102. The number of nitrogens with zero attached hydrogens (tertiary/aromatic N) is 3. The molecule has 5 heteroatoms. The number of para-hydroxylation sites is 1. The number of benzene rings is 2. The fraction of sp³-hybridized carbons (Fsp3) is 0.227. The van der Waals surface area contributed by atoms with Gasteiger partial charge in [-0.1, -0.05) is 24.3 Å². The molecule has 0 radical (unpaired) electrons. The number of anilines is 3. The Balaban J connectivity index is 1.61. The van der Waals surface area contributed by atoms with Gasteiger partial charge in [-0.3, -0.25) is 4.79 Å². The summed E-state index contributed by atoms with van der Waals surface area (Å²) in [5, 5.41) is 2.93. The maximum Gasteiger partial charge on any atom is 0.274 e. The molecule has 2 heterocycles. The van der Waals surface area contributed by atoms with E-state index < -0.39 is 0 Å². The molecular weight excluding hydrogens is 336 g/mol. The summed E-state index contributed by atoms with van der Waals surface area (Å²) in [5.41, 5.74) is 5.89. The number of rotatable bonds is 3. The normalized spacial score (nSPS) is 15.5. The van der Waals surface area contributed by atoms with E-state index >= 15 is 0 Å². The number of amides is 1. The van der Waals surface area contributed by atoms with E-state index in [1.54, 1.807) is 6.07 Å². The molecule has 1 aromatic heterocycles. The van der Waals surface area contributed by atoms with E-state index in [-0.39, 0.29) is 11.9 Å². The minimum atomic E-state index is -0.234. The van der Waals surface area contributed by atoms with Gasteiger partial charge in [-0.25, -0.2) is 9.97 Å². The average molecular weight is 358 g/mol. The van der Waals surface area contributed by atoms with Gasteiger partial charge in [0.15, 0.2) is 0 Å². The standard InChI is InChI=1S/C22H22N4O/c1-14-8-9-18(10-15(14)2)25-22(27)19-12-21(24-13-23-19)26-16(3)11-17-6-4-5-7-20(17)26/h4-10,12-13,16H,11H2,1-3H3,(H,25,27). The Labute approximate surface area is 159 Å². The predicted octanol–water partition coefficient (Wildman–Crippen LogP) is 4.43. The van der Waals surface area contributed by atoms with Gasteiger partial charge in [0.2, 0.25) is 0 Å². The summed E-state index contributed by atoms with van der Waals surface area (Å²) in [6.45, 7) is 6.24. The van der Waals surface area contributed by atoms with Crippen LogP contribution >= 0.6 is 0 Å². The molecule has 1 aliphatic rings. The van der Waals surface area contributed by atoms with E-state index in [1.807, 2.05) is 38.1 Å². The van der Waals surface area contributed by atoms with Gasteiger partial charge in [-0.05, 0) is 62.1 Å². The van der Waals surface area contributed by atoms with Crippen molar-refractivity contribution in [3.63, 3.8) is 0 Å². The zero-order valence-electron chi connectivity index (χ0n) is 15.7. The summed E-state index contributed by atoms with van der Waals surface area (Å²) >= 11 is 0. The van der Waals surface area contributed by atoms with Crippen molar-refractivity contribution in [3.8, 4) is 0 Å². The van der Waals surface area contributed by atoms with E-state index in [2.05, 4.69) is 45.3 Å². The highest BCUT2D eigenvalue weighted by Crippen LogP contribution is 2.37. The number of fused-ring (bicyclic) bond motifs is 1. The molecular formula is C22H22N4O. The van der Waals surface area contributed by atoms with E-state index in [0.717, 1.165) is 29.2 Å². The Morgan fingerprint density at radius 1 is 1.07 bits per heavy atom. The molecule has 0 saturated heterocycles. The van der Waals surface area contributed by atoms with Crippen molar-refractivity contribution in [1.29, 1.82) is 0 Å². The molecule has 0 saturated carbocycles. The van der Waals surface area contributed by atoms with Crippen LogP contribution in [0.5, 0.6) is 0 Å². The van der Waals surface area contributed by atoms with Crippen molar-refractivity contribution in [2.45, 2.75) is 33.2 Å². The molecule has 4 rings (SSSR count). The molecule has 0 fully saturated rings. The fourth-order valence-electron chi connectivity index (χ4n) is 3.53. The van der Waals surface area contributed by atoms with Crippen LogP contribution in [0.25, 0.3) is 0 Å². The third kappa shape index (κ3) is 3.28. The van der Waals surface area contributed by atoms with Crippen molar-refractivity contribution in [1.82, 2.24) is 9.97 Å². The molecule has 1 aliphatic heterocycles. The number of carbonyl (C=O) groups is 1. The highest BCUT2D eigenvalue weighted by Gasteiger charge is 2.28. The number of aromatic nitrogens is 2. The first-order chi connectivity index (χ1) is 13.0.